The highest BCUT2D eigenvalue weighted by molar-refractivity contribution is 6.28. The molecule has 4 rings (SSSR count). The first kappa shape index (κ1) is 20.7. The van der Waals surface area contributed by atoms with Gasteiger partial charge in [-0.2, -0.15) is 4.98 Å². The van der Waals surface area contributed by atoms with Gasteiger partial charge in [-0.15, -0.1) is 0 Å². The molecule has 31 heavy (non-hydrogen) atoms. The molecule has 0 unspecified atom stereocenters. The molecule has 7 nitrogen and oxygen atoms in total. The summed E-state index contributed by atoms with van der Waals surface area (Å²) in [5, 5.41) is 0.859. The Morgan fingerprint density at radius 1 is 1.10 bits per heavy atom. The molecular weight excluding hydrogens is 421 g/mol. The van der Waals surface area contributed by atoms with Crippen LogP contribution >= 0.6 is 11.6 Å². The van der Waals surface area contributed by atoms with Gasteiger partial charge < -0.3 is 15.5 Å². The molecule has 0 atom stereocenters. The van der Waals surface area contributed by atoms with E-state index < -0.39 is 11.7 Å². The minimum absolute atomic E-state index is 0.0819. The highest BCUT2D eigenvalue weighted by Crippen LogP contribution is 2.32. The Morgan fingerprint density at radius 3 is 2.52 bits per heavy atom. The van der Waals surface area contributed by atoms with E-state index in [4.69, 9.17) is 17.3 Å². The van der Waals surface area contributed by atoms with Crippen LogP contribution in [0, 0.1) is 5.82 Å². The lowest BCUT2D eigenvalue weighted by atomic mass is 9.98. The molecule has 1 aliphatic heterocycles. The molecule has 3 aromatic rings. The first-order chi connectivity index (χ1) is 14.9. The first-order valence-corrected chi connectivity index (χ1v) is 9.98. The van der Waals surface area contributed by atoms with E-state index in [-0.39, 0.29) is 16.8 Å². The van der Waals surface area contributed by atoms with Gasteiger partial charge in [0.05, 0.1) is 5.52 Å². The van der Waals surface area contributed by atoms with E-state index in [0.717, 1.165) is 11.5 Å². The molecule has 0 bridgehead atoms. The minimum Gasteiger partial charge on any atom is -0.366 e. The predicted molar refractivity (Wildman–Crippen MR) is 117 cm³/mol. The van der Waals surface area contributed by atoms with Crippen molar-refractivity contribution < 1.29 is 14.0 Å². The number of carbonyl (C=O) groups is 2. The van der Waals surface area contributed by atoms with Crippen LogP contribution in [0.5, 0.6) is 0 Å². The standard InChI is InChI=1S/C22H19ClFN5O2/c1-2-19(30)28-7-9-29(10-8-28)21-16-5-3-13(11-18(16)26-22(23)27-21)15-6-4-14(24)12-17(15)20(25)31/h2-6,11-12H,1,7-10H2,(H2,25,31). The summed E-state index contributed by atoms with van der Waals surface area (Å²) in [6, 6.07) is 9.31. The number of hydrogen-bond acceptors (Lipinski definition) is 5. The second-order valence-corrected chi connectivity index (χ2v) is 7.46. The Balaban J connectivity index is 1.73. The average molecular weight is 440 g/mol. The molecule has 1 saturated heterocycles. The van der Waals surface area contributed by atoms with Crippen molar-refractivity contribution in [3.63, 3.8) is 0 Å². The number of carbonyl (C=O) groups excluding carboxylic acids is 2. The van der Waals surface area contributed by atoms with Crippen LogP contribution in [0.2, 0.25) is 5.28 Å². The lowest BCUT2D eigenvalue weighted by molar-refractivity contribution is -0.126. The molecule has 0 radical (unpaired) electrons. The molecule has 158 valence electrons. The van der Waals surface area contributed by atoms with Crippen LogP contribution in [0.25, 0.3) is 22.0 Å². The van der Waals surface area contributed by atoms with Gasteiger partial charge in [0.1, 0.15) is 11.6 Å². The summed E-state index contributed by atoms with van der Waals surface area (Å²) in [6.45, 7) is 5.80. The summed E-state index contributed by atoms with van der Waals surface area (Å²) in [6.07, 6.45) is 1.31. The van der Waals surface area contributed by atoms with Gasteiger partial charge in [-0.05, 0) is 53.1 Å². The van der Waals surface area contributed by atoms with Gasteiger partial charge in [0.25, 0.3) is 0 Å². The lowest BCUT2D eigenvalue weighted by Crippen LogP contribution is -2.48. The first-order valence-electron chi connectivity index (χ1n) is 9.60. The lowest BCUT2D eigenvalue weighted by Gasteiger charge is -2.35. The summed E-state index contributed by atoms with van der Waals surface area (Å²) in [5.74, 6) is -0.691. The summed E-state index contributed by atoms with van der Waals surface area (Å²) in [5.41, 5.74) is 7.25. The molecular formula is C22H19ClFN5O2. The third-order valence-corrected chi connectivity index (χ3v) is 5.44. The molecule has 9 heteroatoms. The van der Waals surface area contributed by atoms with Gasteiger partial charge in [0.2, 0.25) is 17.1 Å². The monoisotopic (exact) mass is 439 g/mol. The Kier molecular flexibility index (Phi) is 5.56. The van der Waals surface area contributed by atoms with Gasteiger partial charge in [0, 0.05) is 37.1 Å². The molecule has 0 spiro atoms. The van der Waals surface area contributed by atoms with Crippen molar-refractivity contribution in [2.75, 3.05) is 31.1 Å². The van der Waals surface area contributed by atoms with Crippen LogP contribution in [0.1, 0.15) is 10.4 Å². The van der Waals surface area contributed by atoms with E-state index in [1.807, 2.05) is 6.07 Å². The number of fused-ring (bicyclic) bond motifs is 1. The van der Waals surface area contributed by atoms with Crippen LogP contribution in [0.3, 0.4) is 0 Å². The number of rotatable bonds is 4. The molecule has 2 heterocycles. The minimum atomic E-state index is -0.719. The fourth-order valence-corrected chi connectivity index (χ4v) is 3.90. The number of hydrogen-bond donors (Lipinski definition) is 1. The number of aromatic nitrogens is 2. The molecule has 1 aromatic heterocycles. The van der Waals surface area contributed by atoms with E-state index in [2.05, 4.69) is 21.4 Å². The van der Waals surface area contributed by atoms with E-state index in [0.29, 0.717) is 48.6 Å². The normalized spacial score (nSPS) is 14.0. The maximum atomic E-state index is 13.6. The van der Waals surface area contributed by atoms with Crippen LogP contribution in [0.4, 0.5) is 10.2 Å². The highest BCUT2D eigenvalue weighted by atomic mass is 35.5. The van der Waals surface area contributed by atoms with Gasteiger partial charge in [-0.25, -0.2) is 9.37 Å². The number of primary amides is 1. The zero-order valence-corrected chi connectivity index (χ0v) is 17.3. The smallest absolute Gasteiger partial charge is 0.249 e. The number of nitrogens with two attached hydrogens (primary N) is 1. The topological polar surface area (TPSA) is 92.4 Å². The number of nitrogens with zero attached hydrogens (tertiary/aromatic N) is 4. The third kappa shape index (κ3) is 4.06. The summed E-state index contributed by atoms with van der Waals surface area (Å²) < 4.78 is 13.6. The molecule has 1 fully saturated rings. The van der Waals surface area contributed by atoms with Crippen LogP contribution < -0.4 is 10.6 Å². The van der Waals surface area contributed by atoms with Crippen molar-refractivity contribution in [2.45, 2.75) is 0 Å². The molecule has 2 N–H and O–H groups in total. The Morgan fingerprint density at radius 2 is 1.84 bits per heavy atom. The Hall–Kier alpha value is -3.52. The number of amides is 2. The van der Waals surface area contributed by atoms with Crippen LogP contribution in [-0.4, -0.2) is 52.9 Å². The molecule has 2 aromatic carbocycles. The number of piperazine rings is 1. The van der Waals surface area contributed by atoms with E-state index in [9.17, 15) is 14.0 Å². The maximum Gasteiger partial charge on any atom is 0.249 e. The van der Waals surface area contributed by atoms with Crippen molar-refractivity contribution in [3.05, 3.63) is 65.7 Å². The van der Waals surface area contributed by atoms with E-state index >= 15 is 0 Å². The van der Waals surface area contributed by atoms with Crippen molar-refractivity contribution in [2.24, 2.45) is 5.73 Å². The van der Waals surface area contributed by atoms with Crippen molar-refractivity contribution in [1.29, 1.82) is 0 Å². The number of anilines is 1. The SMILES string of the molecule is C=CC(=O)N1CCN(c2nc(Cl)nc3cc(-c4ccc(F)cc4C(N)=O)ccc23)CC1. The zero-order chi connectivity index (χ0) is 22.1. The summed E-state index contributed by atoms with van der Waals surface area (Å²) in [4.78, 5) is 36.1. The van der Waals surface area contributed by atoms with Crippen molar-refractivity contribution >= 4 is 40.1 Å². The van der Waals surface area contributed by atoms with Gasteiger partial charge in [-0.3, -0.25) is 9.59 Å². The van der Waals surface area contributed by atoms with Crippen LogP contribution in [0.15, 0.2) is 49.1 Å². The van der Waals surface area contributed by atoms with Crippen molar-refractivity contribution in [1.82, 2.24) is 14.9 Å². The number of halogens is 2. The third-order valence-electron chi connectivity index (χ3n) is 5.27. The second-order valence-electron chi connectivity index (χ2n) is 7.12. The summed E-state index contributed by atoms with van der Waals surface area (Å²) >= 11 is 6.20. The van der Waals surface area contributed by atoms with Gasteiger partial charge in [-0.1, -0.05) is 18.7 Å². The molecule has 2 amide bonds. The molecule has 1 aliphatic rings. The quantitative estimate of drug-likeness (QED) is 0.498. The summed E-state index contributed by atoms with van der Waals surface area (Å²) in [7, 11) is 0. The number of benzene rings is 2. The zero-order valence-electron chi connectivity index (χ0n) is 16.5. The predicted octanol–water partition coefficient (Wildman–Crippen LogP) is 3.02. The molecule has 0 saturated carbocycles. The van der Waals surface area contributed by atoms with Crippen LogP contribution in [-0.2, 0) is 4.79 Å². The highest BCUT2D eigenvalue weighted by Gasteiger charge is 2.23. The van der Waals surface area contributed by atoms with Gasteiger partial charge >= 0.3 is 0 Å². The average Bonchev–Trinajstić information content (AvgIpc) is 2.77. The fourth-order valence-electron chi connectivity index (χ4n) is 3.73. The molecule has 0 aliphatic carbocycles. The van der Waals surface area contributed by atoms with Crippen molar-refractivity contribution in [3.8, 4) is 11.1 Å². The second kappa shape index (κ2) is 8.31. The fraction of sp³-hybridized carbons (Fsp3) is 0.182. The van der Waals surface area contributed by atoms with Gasteiger partial charge in [0.15, 0.2) is 0 Å². The Labute approximate surface area is 182 Å². The Bertz CT molecular complexity index is 1210. The maximum absolute atomic E-state index is 13.6. The van der Waals surface area contributed by atoms with E-state index in [1.54, 1.807) is 17.0 Å². The van der Waals surface area contributed by atoms with E-state index in [1.165, 1.54) is 18.2 Å². The largest absolute Gasteiger partial charge is 0.366 e.